The van der Waals surface area contributed by atoms with Gasteiger partial charge < -0.3 is 4.98 Å². The molecule has 2 aromatic carbocycles. The molecule has 0 aliphatic rings. The van der Waals surface area contributed by atoms with Gasteiger partial charge in [0.1, 0.15) is 0 Å². The van der Waals surface area contributed by atoms with E-state index in [1.165, 1.54) is 0 Å². The van der Waals surface area contributed by atoms with E-state index >= 15 is 0 Å². The Morgan fingerprint density at radius 3 is 2.37 bits per heavy atom. The molecule has 0 radical (unpaired) electrons. The van der Waals surface area contributed by atoms with Crippen LogP contribution in [-0.2, 0) is 0 Å². The van der Waals surface area contributed by atoms with Crippen molar-refractivity contribution in [2.24, 2.45) is 0 Å². The van der Waals surface area contributed by atoms with E-state index in [4.69, 9.17) is 35.4 Å². The van der Waals surface area contributed by atoms with Crippen LogP contribution in [0, 0.1) is 4.77 Å². The van der Waals surface area contributed by atoms with Crippen molar-refractivity contribution in [3.05, 3.63) is 57.3 Å². The molecule has 0 saturated carbocycles. The van der Waals surface area contributed by atoms with Gasteiger partial charge in [0.05, 0.1) is 5.69 Å². The van der Waals surface area contributed by atoms with E-state index in [1.54, 1.807) is 0 Å². The maximum Gasteiger partial charge on any atom is 0.197 e. The number of rotatable bonds is 1. The monoisotopic (exact) mass is 306 g/mol. The van der Waals surface area contributed by atoms with Crippen LogP contribution in [0.1, 0.15) is 0 Å². The predicted molar refractivity (Wildman–Crippen MR) is 82.4 cm³/mol. The van der Waals surface area contributed by atoms with Gasteiger partial charge in [0.2, 0.25) is 0 Å². The molecule has 0 atom stereocenters. The molecule has 0 aliphatic carbocycles. The van der Waals surface area contributed by atoms with Crippen molar-refractivity contribution in [3.8, 4) is 11.3 Å². The number of benzene rings is 2. The summed E-state index contributed by atoms with van der Waals surface area (Å²) in [7, 11) is 0. The summed E-state index contributed by atoms with van der Waals surface area (Å²) in [6.07, 6.45) is 0. The van der Waals surface area contributed by atoms with Gasteiger partial charge in [-0.05, 0) is 42.5 Å². The fourth-order valence-electron chi connectivity index (χ4n) is 1.95. The molecule has 0 saturated heterocycles. The number of aromatic nitrogens is 2. The van der Waals surface area contributed by atoms with Crippen LogP contribution in [0.3, 0.4) is 0 Å². The van der Waals surface area contributed by atoms with Crippen molar-refractivity contribution < 1.29 is 0 Å². The van der Waals surface area contributed by atoms with E-state index in [1.807, 2.05) is 42.5 Å². The molecule has 19 heavy (non-hydrogen) atoms. The van der Waals surface area contributed by atoms with Gasteiger partial charge in [0.25, 0.3) is 0 Å². The summed E-state index contributed by atoms with van der Waals surface area (Å²) in [6.45, 7) is 0. The molecule has 0 spiro atoms. The Labute approximate surface area is 125 Å². The molecule has 0 fully saturated rings. The number of nitrogens with one attached hydrogen (secondary N) is 1. The molecular weight excluding hydrogens is 299 g/mol. The summed E-state index contributed by atoms with van der Waals surface area (Å²) in [5.41, 5.74) is 2.67. The highest BCUT2D eigenvalue weighted by Gasteiger charge is 2.07. The van der Waals surface area contributed by atoms with Crippen molar-refractivity contribution in [2.45, 2.75) is 0 Å². The first-order valence-electron chi connectivity index (χ1n) is 5.59. The highest BCUT2D eigenvalue weighted by Crippen LogP contribution is 2.28. The second-order valence-corrected chi connectivity index (χ2v) is 5.35. The Morgan fingerprint density at radius 2 is 1.63 bits per heavy atom. The SMILES string of the molecule is S=c1nc(-c2ccc(Cl)cc2)c2cc(Cl)ccc2[nH]1. The molecular formula is C14H8Cl2N2S. The first kappa shape index (κ1) is 12.6. The topological polar surface area (TPSA) is 28.7 Å². The molecule has 0 unspecified atom stereocenters. The zero-order valence-corrected chi connectivity index (χ0v) is 12.0. The van der Waals surface area contributed by atoms with Gasteiger partial charge in [-0.3, -0.25) is 0 Å². The van der Waals surface area contributed by atoms with Crippen molar-refractivity contribution >= 4 is 46.3 Å². The molecule has 0 bridgehead atoms. The number of nitrogens with zero attached hydrogens (tertiary/aromatic N) is 1. The Hall–Kier alpha value is -1.42. The third-order valence-electron chi connectivity index (χ3n) is 2.81. The largest absolute Gasteiger partial charge is 0.330 e. The van der Waals surface area contributed by atoms with Gasteiger partial charge in [-0.2, -0.15) is 0 Å². The third-order valence-corrected chi connectivity index (χ3v) is 3.49. The van der Waals surface area contributed by atoms with E-state index in [0.717, 1.165) is 22.2 Å². The molecule has 0 amide bonds. The number of hydrogen-bond acceptors (Lipinski definition) is 2. The molecule has 3 aromatic rings. The quantitative estimate of drug-likeness (QED) is 0.621. The van der Waals surface area contributed by atoms with Crippen molar-refractivity contribution in [3.63, 3.8) is 0 Å². The summed E-state index contributed by atoms with van der Waals surface area (Å²) >= 11 is 17.1. The minimum absolute atomic E-state index is 0.444. The molecule has 5 heteroatoms. The molecule has 2 nitrogen and oxygen atoms in total. The summed E-state index contributed by atoms with van der Waals surface area (Å²) in [5, 5.41) is 2.28. The molecule has 1 aromatic heterocycles. The molecule has 1 N–H and O–H groups in total. The van der Waals surface area contributed by atoms with Gasteiger partial charge in [0, 0.05) is 26.5 Å². The second-order valence-electron chi connectivity index (χ2n) is 4.09. The van der Waals surface area contributed by atoms with E-state index in [2.05, 4.69) is 9.97 Å². The van der Waals surface area contributed by atoms with E-state index < -0.39 is 0 Å². The third kappa shape index (κ3) is 2.50. The predicted octanol–water partition coefficient (Wildman–Crippen LogP) is 5.27. The van der Waals surface area contributed by atoms with E-state index in [0.29, 0.717) is 14.8 Å². The Kier molecular flexibility index (Phi) is 3.27. The Morgan fingerprint density at radius 1 is 0.947 bits per heavy atom. The lowest BCUT2D eigenvalue weighted by molar-refractivity contribution is 1.19. The smallest absolute Gasteiger partial charge is 0.197 e. The van der Waals surface area contributed by atoms with Crippen LogP contribution in [0.5, 0.6) is 0 Å². The normalized spacial score (nSPS) is 10.8. The lowest BCUT2D eigenvalue weighted by Crippen LogP contribution is -1.91. The molecule has 1 heterocycles. The summed E-state index contributed by atoms with van der Waals surface area (Å²) in [4.78, 5) is 7.46. The zero-order valence-electron chi connectivity index (χ0n) is 9.65. The van der Waals surface area contributed by atoms with Crippen molar-refractivity contribution in [2.75, 3.05) is 0 Å². The first-order chi connectivity index (χ1) is 9.13. The minimum atomic E-state index is 0.444. The van der Waals surface area contributed by atoms with Gasteiger partial charge in [-0.25, -0.2) is 4.98 Å². The number of H-pyrrole nitrogens is 1. The number of halogens is 2. The highest BCUT2D eigenvalue weighted by atomic mass is 35.5. The fourth-order valence-corrected chi connectivity index (χ4v) is 2.45. The van der Waals surface area contributed by atoms with Crippen LogP contribution >= 0.6 is 35.4 Å². The van der Waals surface area contributed by atoms with Crippen molar-refractivity contribution in [1.82, 2.24) is 9.97 Å². The molecule has 94 valence electrons. The zero-order chi connectivity index (χ0) is 13.4. The minimum Gasteiger partial charge on any atom is -0.330 e. The highest BCUT2D eigenvalue weighted by molar-refractivity contribution is 7.71. The van der Waals surface area contributed by atoms with E-state index in [-0.39, 0.29) is 0 Å². The number of fused-ring (bicyclic) bond motifs is 1. The summed E-state index contributed by atoms with van der Waals surface area (Å²) in [5.74, 6) is 0. The van der Waals surface area contributed by atoms with Crippen LogP contribution in [0.15, 0.2) is 42.5 Å². The van der Waals surface area contributed by atoms with Gasteiger partial charge in [-0.15, -0.1) is 0 Å². The summed E-state index contributed by atoms with van der Waals surface area (Å²) < 4.78 is 0.444. The maximum absolute atomic E-state index is 6.05. The number of aromatic amines is 1. The average molecular weight is 307 g/mol. The van der Waals surface area contributed by atoms with Gasteiger partial charge >= 0.3 is 0 Å². The standard InChI is InChI=1S/C14H8Cl2N2S/c15-9-3-1-8(2-4-9)13-11-7-10(16)5-6-12(11)17-14(19)18-13/h1-7H,(H,17,18,19). The summed E-state index contributed by atoms with van der Waals surface area (Å²) in [6, 6.07) is 13.1. The van der Waals surface area contributed by atoms with Crippen LogP contribution < -0.4 is 0 Å². The lowest BCUT2D eigenvalue weighted by atomic mass is 10.1. The molecule has 3 rings (SSSR count). The second kappa shape index (κ2) is 4.93. The lowest BCUT2D eigenvalue weighted by Gasteiger charge is -2.06. The van der Waals surface area contributed by atoms with Gasteiger partial charge in [-0.1, -0.05) is 35.3 Å². The first-order valence-corrected chi connectivity index (χ1v) is 6.75. The van der Waals surface area contributed by atoms with Crippen LogP contribution in [-0.4, -0.2) is 9.97 Å². The Bertz CT molecular complexity index is 810. The Balaban J connectivity index is 2.35. The van der Waals surface area contributed by atoms with Gasteiger partial charge in [0.15, 0.2) is 4.77 Å². The van der Waals surface area contributed by atoms with Crippen LogP contribution in [0.4, 0.5) is 0 Å². The van der Waals surface area contributed by atoms with E-state index in [9.17, 15) is 0 Å². The van der Waals surface area contributed by atoms with Crippen LogP contribution in [0.2, 0.25) is 10.0 Å². The van der Waals surface area contributed by atoms with Crippen molar-refractivity contribution in [1.29, 1.82) is 0 Å². The average Bonchev–Trinajstić information content (AvgIpc) is 2.39. The molecule has 0 aliphatic heterocycles. The fraction of sp³-hybridized carbons (Fsp3) is 0. The number of hydrogen-bond donors (Lipinski definition) is 1. The van der Waals surface area contributed by atoms with Crippen LogP contribution in [0.25, 0.3) is 22.2 Å². The maximum atomic E-state index is 6.05.